The van der Waals surface area contributed by atoms with Crippen LogP contribution in [0.5, 0.6) is 0 Å². The molecule has 1 aromatic rings. The Morgan fingerprint density at radius 3 is 2.23 bits per heavy atom. The van der Waals surface area contributed by atoms with E-state index in [-0.39, 0.29) is 0 Å². The van der Waals surface area contributed by atoms with Crippen molar-refractivity contribution >= 4 is 16.0 Å². The van der Waals surface area contributed by atoms with Gasteiger partial charge in [0.25, 0.3) is 10.2 Å². The average Bonchev–Trinajstić information content (AvgIpc) is 2.56. The number of rotatable bonds is 3. The summed E-state index contributed by atoms with van der Waals surface area (Å²) < 4.78 is 28.6. The van der Waals surface area contributed by atoms with E-state index in [1.165, 1.54) is 0 Å². The van der Waals surface area contributed by atoms with Gasteiger partial charge >= 0.3 is 0 Å². The van der Waals surface area contributed by atoms with Crippen LogP contribution in [-0.4, -0.2) is 66.3 Å². The van der Waals surface area contributed by atoms with Gasteiger partial charge in [0.1, 0.15) is 5.82 Å². The maximum absolute atomic E-state index is 12.7. The van der Waals surface area contributed by atoms with E-state index in [0.29, 0.717) is 45.2 Å². The van der Waals surface area contributed by atoms with Gasteiger partial charge in [-0.2, -0.15) is 17.0 Å². The van der Waals surface area contributed by atoms with Crippen molar-refractivity contribution in [2.24, 2.45) is 5.92 Å². The van der Waals surface area contributed by atoms with Gasteiger partial charge in [-0.15, -0.1) is 0 Å². The third kappa shape index (κ3) is 3.23. The molecule has 1 aromatic heterocycles. The first kappa shape index (κ1) is 15.6. The lowest BCUT2D eigenvalue weighted by molar-refractivity contribution is 0.260. The number of anilines is 1. The van der Waals surface area contributed by atoms with Gasteiger partial charge < -0.3 is 4.90 Å². The molecule has 2 fully saturated rings. The largest absolute Gasteiger partial charge is 0.353 e. The molecule has 2 aliphatic rings. The fraction of sp³-hybridized carbons (Fsp3) is 0.714. The highest BCUT2D eigenvalue weighted by molar-refractivity contribution is 7.86. The summed E-state index contributed by atoms with van der Waals surface area (Å²) in [5.74, 6) is 1.44. The van der Waals surface area contributed by atoms with E-state index in [1.54, 1.807) is 27.2 Å². The third-order valence-electron chi connectivity index (χ3n) is 4.51. The first-order chi connectivity index (χ1) is 10.6. The van der Waals surface area contributed by atoms with E-state index in [2.05, 4.69) is 21.8 Å². The van der Waals surface area contributed by atoms with Crippen LogP contribution in [0.2, 0.25) is 0 Å². The smallest absolute Gasteiger partial charge is 0.282 e. The molecule has 0 atom stereocenters. The Kier molecular flexibility index (Phi) is 4.60. The minimum Gasteiger partial charge on any atom is -0.353 e. The Morgan fingerprint density at radius 2 is 1.64 bits per heavy atom. The van der Waals surface area contributed by atoms with E-state index in [4.69, 9.17) is 0 Å². The maximum Gasteiger partial charge on any atom is 0.282 e. The summed E-state index contributed by atoms with van der Waals surface area (Å²) >= 11 is 0. The number of hydrogen-bond acceptors (Lipinski definition) is 5. The average molecular weight is 325 g/mol. The molecule has 3 rings (SSSR count). The zero-order chi connectivity index (χ0) is 15.6. The lowest BCUT2D eigenvalue weighted by atomic mass is 10.0. The number of nitrogens with zero attached hydrogens (tertiary/aromatic N) is 5. The molecule has 2 aliphatic heterocycles. The fourth-order valence-electron chi connectivity index (χ4n) is 2.98. The van der Waals surface area contributed by atoms with Crippen molar-refractivity contribution in [2.75, 3.05) is 44.2 Å². The molecular weight excluding hydrogens is 302 g/mol. The Balaban J connectivity index is 1.61. The molecular formula is C14H23N5O2S. The summed E-state index contributed by atoms with van der Waals surface area (Å²) in [4.78, 5) is 10.4. The Morgan fingerprint density at radius 1 is 1.00 bits per heavy atom. The lowest BCUT2D eigenvalue weighted by Gasteiger charge is -2.38. The maximum atomic E-state index is 12.7. The highest BCUT2D eigenvalue weighted by Crippen LogP contribution is 2.22. The van der Waals surface area contributed by atoms with Crippen LogP contribution in [-0.2, 0) is 10.2 Å². The Bertz CT molecular complexity index is 579. The minimum absolute atomic E-state index is 0.505. The molecule has 0 aliphatic carbocycles. The fourth-order valence-corrected chi connectivity index (χ4v) is 4.60. The second kappa shape index (κ2) is 6.47. The zero-order valence-corrected chi connectivity index (χ0v) is 13.7. The van der Waals surface area contributed by atoms with Gasteiger partial charge in [-0.3, -0.25) is 4.98 Å². The summed E-state index contributed by atoms with van der Waals surface area (Å²) in [5.41, 5.74) is 0. The van der Waals surface area contributed by atoms with E-state index < -0.39 is 10.2 Å². The summed E-state index contributed by atoms with van der Waals surface area (Å²) in [6, 6.07) is 0. The molecule has 0 saturated carbocycles. The van der Waals surface area contributed by atoms with Gasteiger partial charge in [-0.25, -0.2) is 4.98 Å². The summed E-state index contributed by atoms with van der Waals surface area (Å²) in [6.07, 6.45) is 6.93. The predicted octanol–water partition coefficient (Wildman–Crippen LogP) is 0.575. The Labute approximate surface area is 132 Å². The molecule has 0 spiro atoms. The third-order valence-corrected chi connectivity index (χ3v) is 6.54. The highest BCUT2D eigenvalue weighted by atomic mass is 32.2. The van der Waals surface area contributed by atoms with Gasteiger partial charge in [-0.05, 0) is 18.8 Å². The van der Waals surface area contributed by atoms with Crippen LogP contribution in [0.4, 0.5) is 5.82 Å². The van der Waals surface area contributed by atoms with E-state index in [9.17, 15) is 8.42 Å². The monoisotopic (exact) mass is 325 g/mol. The van der Waals surface area contributed by atoms with Crippen molar-refractivity contribution in [3.05, 3.63) is 18.6 Å². The van der Waals surface area contributed by atoms with Crippen LogP contribution in [0.25, 0.3) is 0 Å². The SMILES string of the molecule is CC1CCN(S(=O)(=O)N2CCN(c3cnccn3)CC2)CC1. The molecule has 0 bridgehead atoms. The van der Waals surface area contributed by atoms with Crippen LogP contribution in [0, 0.1) is 5.92 Å². The molecule has 22 heavy (non-hydrogen) atoms. The standard InChI is InChI=1S/C14H23N5O2S/c1-13-2-6-18(7-3-13)22(20,21)19-10-8-17(9-11-19)14-12-15-4-5-16-14/h4-5,12-13H,2-3,6-11H2,1H3. The van der Waals surface area contributed by atoms with Crippen molar-refractivity contribution in [3.8, 4) is 0 Å². The number of aromatic nitrogens is 2. The summed E-state index contributed by atoms with van der Waals surface area (Å²) in [7, 11) is -3.31. The molecule has 0 aromatic carbocycles. The first-order valence-corrected chi connectivity index (χ1v) is 9.23. The predicted molar refractivity (Wildman–Crippen MR) is 84.7 cm³/mol. The van der Waals surface area contributed by atoms with Crippen LogP contribution < -0.4 is 4.90 Å². The molecule has 7 nitrogen and oxygen atoms in total. The number of piperidine rings is 1. The highest BCUT2D eigenvalue weighted by Gasteiger charge is 2.34. The minimum atomic E-state index is -3.31. The molecule has 0 unspecified atom stereocenters. The van der Waals surface area contributed by atoms with Gasteiger partial charge in [0.05, 0.1) is 6.20 Å². The van der Waals surface area contributed by atoms with E-state index >= 15 is 0 Å². The molecule has 2 saturated heterocycles. The topological polar surface area (TPSA) is 69.6 Å². The lowest BCUT2D eigenvalue weighted by Crippen LogP contribution is -2.54. The van der Waals surface area contributed by atoms with Crippen LogP contribution in [0.1, 0.15) is 19.8 Å². The molecule has 122 valence electrons. The van der Waals surface area contributed by atoms with Crippen molar-refractivity contribution in [1.82, 2.24) is 18.6 Å². The number of hydrogen-bond donors (Lipinski definition) is 0. The molecule has 0 amide bonds. The number of piperazine rings is 1. The van der Waals surface area contributed by atoms with Crippen LogP contribution in [0.3, 0.4) is 0 Å². The summed E-state index contributed by atoms with van der Waals surface area (Å²) in [5, 5.41) is 0. The molecule has 8 heteroatoms. The van der Waals surface area contributed by atoms with E-state index in [1.807, 2.05) is 0 Å². The van der Waals surface area contributed by atoms with Gasteiger partial charge in [0.15, 0.2) is 0 Å². The molecule has 0 radical (unpaired) electrons. The van der Waals surface area contributed by atoms with Crippen molar-refractivity contribution in [1.29, 1.82) is 0 Å². The first-order valence-electron chi connectivity index (χ1n) is 7.83. The summed E-state index contributed by atoms with van der Waals surface area (Å²) in [6.45, 7) is 5.80. The van der Waals surface area contributed by atoms with Gasteiger partial charge in [0, 0.05) is 51.7 Å². The Hall–Kier alpha value is -1.25. The van der Waals surface area contributed by atoms with Gasteiger partial charge in [0.2, 0.25) is 0 Å². The normalized spacial score (nSPS) is 22.9. The second-order valence-corrected chi connectivity index (χ2v) is 7.97. The molecule has 3 heterocycles. The van der Waals surface area contributed by atoms with Gasteiger partial charge in [-0.1, -0.05) is 6.92 Å². The zero-order valence-electron chi connectivity index (χ0n) is 12.9. The van der Waals surface area contributed by atoms with Crippen LogP contribution >= 0.6 is 0 Å². The van der Waals surface area contributed by atoms with Crippen LogP contribution in [0.15, 0.2) is 18.6 Å². The quantitative estimate of drug-likeness (QED) is 0.813. The second-order valence-electron chi connectivity index (χ2n) is 6.04. The van der Waals surface area contributed by atoms with Crippen molar-refractivity contribution in [3.63, 3.8) is 0 Å². The van der Waals surface area contributed by atoms with Crippen molar-refractivity contribution < 1.29 is 8.42 Å². The van der Waals surface area contributed by atoms with E-state index in [0.717, 1.165) is 18.7 Å². The molecule has 0 N–H and O–H groups in total. The van der Waals surface area contributed by atoms with Crippen molar-refractivity contribution in [2.45, 2.75) is 19.8 Å².